The summed E-state index contributed by atoms with van der Waals surface area (Å²) in [5, 5.41) is 2.71. The molecule has 0 radical (unpaired) electrons. The van der Waals surface area contributed by atoms with Gasteiger partial charge in [0.1, 0.15) is 5.75 Å². The average molecular weight is 490 g/mol. The highest BCUT2D eigenvalue weighted by Gasteiger charge is 2.30. The van der Waals surface area contributed by atoms with Crippen LogP contribution in [-0.4, -0.2) is 69.9 Å². The molecule has 0 aromatic heterocycles. The summed E-state index contributed by atoms with van der Waals surface area (Å²) in [5.41, 5.74) is 1.54. The van der Waals surface area contributed by atoms with Gasteiger partial charge in [-0.2, -0.15) is 0 Å². The molecule has 2 aromatic carbocycles. The van der Waals surface area contributed by atoms with Crippen LogP contribution in [0.1, 0.15) is 6.92 Å². The Balaban J connectivity index is 1.37. The summed E-state index contributed by atoms with van der Waals surface area (Å²) in [6.45, 7) is 4.05. The molecule has 0 unspecified atom stereocenters. The number of carbonyl (C=O) groups excluding carboxylic acids is 2. The quantitative estimate of drug-likeness (QED) is 0.666. The predicted molar refractivity (Wildman–Crippen MR) is 129 cm³/mol. The first-order chi connectivity index (χ1) is 15.8. The fraction of sp³-hybridized carbons (Fsp3) is 0.391. The van der Waals surface area contributed by atoms with Crippen molar-refractivity contribution in [3.05, 3.63) is 42.5 Å². The number of anilines is 2. The van der Waals surface area contributed by atoms with Crippen LogP contribution in [0.4, 0.5) is 11.4 Å². The molecule has 0 spiro atoms. The van der Waals surface area contributed by atoms with Crippen molar-refractivity contribution in [2.45, 2.75) is 16.7 Å². The molecule has 2 amide bonds. The number of benzene rings is 2. The molecule has 33 heavy (non-hydrogen) atoms. The fourth-order valence-corrected chi connectivity index (χ4v) is 6.41. The van der Waals surface area contributed by atoms with Gasteiger partial charge in [-0.1, -0.05) is 13.0 Å². The molecule has 2 aromatic rings. The lowest BCUT2D eigenvalue weighted by molar-refractivity contribution is -0.134. The molecule has 0 bridgehead atoms. The predicted octanol–water partition coefficient (Wildman–Crippen LogP) is 2.50. The molecule has 1 N–H and O–H groups in total. The van der Waals surface area contributed by atoms with Crippen LogP contribution in [0.3, 0.4) is 0 Å². The number of rotatable bonds is 6. The van der Waals surface area contributed by atoms with Crippen molar-refractivity contribution in [3.8, 4) is 5.75 Å². The van der Waals surface area contributed by atoms with Crippen molar-refractivity contribution in [3.63, 3.8) is 0 Å². The number of carbonyl (C=O) groups is 2. The first-order valence-electron chi connectivity index (χ1n) is 10.7. The summed E-state index contributed by atoms with van der Waals surface area (Å²) in [7, 11) is -2.06. The molecule has 2 aliphatic heterocycles. The summed E-state index contributed by atoms with van der Waals surface area (Å²) in [6, 6.07) is 12.5. The minimum Gasteiger partial charge on any atom is -0.497 e. The number of amides is 2. The van der Waals surface area contributed by atoms with Crippen LogP contribution in [-0.2, 0) is 19.4 Å². The number of thioether (sulfide) groups is 1. The van der Waals surface area contributed by atoms with Gasteiger partial charge in [-0.15, -0.1) is 11.8 Å². The largest absolute Gasteiger partial charge is 0.497 e. The first-order valence-corrected chi connectivity index (χ1v) is 13.4. The number of fused-ring (bicyclic) bond motifs is 1. The van der Waals surface area contributed by atoms with Gasteiger partial charge in [-0.3, -0.25) is 9.59 Å². The van der Waals surface area contributed by atoms with Crippen LogP contribution in [0, 0.1) is 5.92 Å². The summed E-state index contributed by atoms with van der Waals surface area (Å²) >= 11 is 1.38. The topological polar surface area (TPSA) is 96.0 Å². The third-order valence-electron chi connectivity index (χ3n) is 5.84. The van der Waals surface area contributed by atoms with Gasteiger partial charge in [-0.25, -0.2) is 8.42 Å². The van der Waals surface area contributed by atoms with Gasteiger partial charge in [0.25, 0.3) is 0 Å². The standard InChI is InChI=1S/C23H27N3O5S2/c1-16(15-33(29,30)19-6-7-21-20(13-19)24-22(27)14-32-21)23(28)26-10-8-25(9-11-26)17-4-3-5-18(12-17)31-2/h3-7,12-13,16H,8-11,14-15H2,1-2H3,(H,24,27)/t16-/m1/s1. The molecule has 2 heterocycles. The third-order valence-corrected chi connectivity index (χ3v) is 8.83. The van der Waals surface area contributed by atoms with Gasteiger partial charge in [0, 0.05) is 48.7 Å². The number of nitrogens with zero attached hydrogens (tertiary/aromatic N) is 2. The lowest BCUT2D eigenvalue weighted by Crippen LogP contribution is -2.50. The van der Waals surface area contributed by atoms with Gasteiger partial charge in [-0.05, 0) is 30.3 Å². The summed E-state index contributed by atoms with van der Waals surface area (Å²) in [4.78, 5) is 29.5. The molecular formula is C23H27N3O5S2. The summed E-state index contributed by atoms with van der Waals surface area (Å²) in [6.07, 6.45) is 0. The van der Waals surface area contributed by atoms with Crippen molar-refractivity contribution in [1.29, 1.82) is 0 Å². The lowest BCUT2D eigenvalue weighted by atomic mass is 10.1. The van der Waals surface area contributed by atoms with Crippen LogP contribution in [0.25, 0.3) is 0 Å². The Morgan fingerprint density at radius 1 is 1.15 bits per heavy atom. The van der Waals surface area contributed by atoms with E-state index >= 15 is 0 Å². The van der Waals surface area contributed by atoms with E-state index in [-0.39, 0.29) is 22.5 Å². The Kier molecular flexibility index (Phi) is 6.85. The lowest BCUT2D eigenvalue weighted by Gasteiger charge is -2.37. The average Bonchev–Trinajstić information content (AvgIpc) is 2.83. The van der Waals surface area contributed by atoms with Crippen LogP contribution in [0.2, 0.25) is 0 Å². The van der Waals surface area contributed by atoms with Gasteiger partial charge in [0.15, 0.2) is 9.84 Å². The van der Waals surface area contributed by atoms with E-state index < -0.39 is 15.8 Å². The van der Waals surface area contributed by atoms with Gasteiger partial charge in [0.2, 0.25) is 11.8 Å². The number of hydrogen-bond donors (Lipinski definition) is 1. The van der Waals surface area contributed by atoms with E-state index in [2.05, 4.69) is 10.2 Å². The van der Waals surface area contributed by atoms with Crippen molar-refractivity contribution in [2.24, 2.45) is 5.92 Å². The van der Waals surface area contributed by atoms with Gasteiger partial charge >= 0.3 is 0 Å². The van der Waals surface area contributed by atoms with E-state index in [1.807, 2.05) is 24.3 Å². The molecular weight excluding hydrogens is 462 g/mol. The molecule has 2 aliphatic rings. The SMILES string of the molecule is COc1cccc(N2CCN(C(=O)[C@H](C)CS(=O)(=O)c3ccc4c(c3)NC(=O)CS4)CC2)c1. The van der Waals surface area contributed by atoms with Crippen LogP contribution in [0.15, 0.2) is 52.3 Å². The maximum atomic E-state index is 13.0. The van der Waals surface area contributed by atoms with Crippen molar-refractivity contribution >= 4 is 44.8 Å². The molecule has 176 valence electrons. The van der Waals surface area contributed by atoms with E-state index in [4.69, 9.17) is 4.74 Å². The second kappa shape index (κ2) is 9.64. The number of hydrogen-bond acceptors (Lipinski definition) is 7. The van der Waals surface area contributed by atoms with E-state index in [0.717, 1.165) is 16.3 Å². The second-order valence-corrected chi connectivity index (χ2v) is 11.2. The van der Waals surface area contributed by atoms with Gasteiger partial charge < -0.3 is 19.9 Å². The molecule has 0 saturated carbocycles. The zero-order valence-electron chi connectivity index (χ0n) is 18.6. The van der Waals surface area contributed by atoms with E-state index in [9.17, 15) is 18.0 Å². The zero-order chi connectivity index (χ0) is 23.6. The Morgan fingerprint density at radius 2 is 1.91 bits per heavy atom. The Hall–Kier alpha value is -2.72. The highest BCUT2D eigenvalue weighted by atomic mass is 32.2. The van der Waals surface area contributed by atoms with Crippen LogP contribution < -0.4 is 15.0 Å². The molecule has 1 saturated heterocycles. The molecule has 1 fully saturated rings. The smallest absolute Gasteiger partial charge is 0.234 e. The second-order valence-electron chi connectivity index (χ2n) is 8.19. The summed E-state index contributed by atoms with van der Waals surface area (Å²) in [5.74, 6) is -0.162. The normalized spacial score (nSPS) is 17.2. The monoisotopic (exact) mass is 489 g/mol. The molecule has 4 rings (SSSR count). The summed E-state index contributed by atoms with van der Waals surface area (Å²) < 4.78 is 31.3. The Bertz CT molecular complexity index is 1160. The van der Waals surface area contributed by atoms with Gasteiger partial charge in [0.05, 0.1) is 29.2 Å². The Labute approximate surface area is 198 Å². The van der Waals surface area contributed by atoms with Crippen molar-refractivity contribution in [2.75, 3.05) is 55.0 Å². The number of sulfone groups is 1. The number of nitrogens with one attached hydrogen (secondary N) is 1. The highest BCUT2D eigenvalue weighted by Crippen LogP contribution is 2.33. The number of methoxy groups -OCH3 is 1. The highest BCUT2D eigenvalue weighted by molar-refractivity contribution is 8.00. The Morgan fingerprint density at radius 3 is 2.64 bits per heavy atom. The first kappa shape index (κ1) is 23.4. The maximum Gasteiger partial charge on any atom is 0.234 e. The third kappa shape index (κ3) is 5.27. The molecule has 0 aliphatic carbocycles. The molecule has 10 heteroatoms. The van der Waals surface area contributed by atoms with E-state index in [0.29, 0.717) is 37.6 Å². The minimum atomic E-state index is -3.69. The molecule has 1 atom stereocenters. The van der Waals surface area contributed by atoms with Crippen molar-refractivity contribution < 1.29 is 22.7 Å². The maximum absolute atomic E-state index is 13.0. The molecule has 8 nitrogen and oxygen atoms in total. The van der Waals surface area contributed by atoms with Crippen LogP contribution in [0.5, 0.6) is 5.75 Å². The fourth-order valence-electron chi connectivity index (χ4n) is 4.06. The number of ether oxygens (including phenoxy) is 1. The minimum absolute atomic E-state index is 0.117. The number of piperazine rings is 1. The zero-order valence-corrected chi connectivity index (χ0v) is 20.2. The van der Waals surface area contributed by atoms with Crippen molar-refractivity contribution in [1.82, 2.24) is 4.90 Å². The van der Waals surface area contributed by atoms with E-state index in [1.54, 1.807) is 31.1 Å². The van der Waals surface area contributed by atoms with Crippen LogP contribution >= 0.6 is 11.8 Å². The van der Waals surface area contributed by atoms with E-state index in [1.165, 1.54) is 17.8 Å².